The van der Waals surface area contributed by atoms with E-state index in [-0.39, 0.29) is 12.3 Å². The van der Waals surface area contributed by atoms with Crippen molar-refractivity contribution in [1.29, 1.82) is 0 Å². The molecule has 0 aliphatic rings. The number of anilines is 1. The number of rotatable bonds is 7. The molecule has 0 radical (unpaired) electrons. The van der Waals surface area contributed by atoms with Gasteiger partial charge in [0.05, 0.1) is 40.7 Å². The Morgan fingerprint density at radius 2 is 1.77 bits per heavy atom. The van der Waals surface area contributed by atoms with Crippen molar-refractivity contribution in [3.05, 3.63) is 63.6 Å². The number of hydrogen-bond donors (Lipinski definition) is 0. The molecule has 0 saturated carbocycles. The summed E-state index contributed by atoms with van der Waals surface area (Å²) in [4.78, 5) is 11.6. The molecule has 2 aromatic carbocycles. The van der Waals surface area contributed by atoms with E-state index in [2.05, 4.69) is 4.74 Å². The van der Waals surface area contributed by atoms with Gasteiger partial charge in [0, 0.05) is 0 Å². The monoisotopic (exact) mass is 415 g/mol. The second-order valence-corrected chi connectivity index (χ2v) is 8.37. The Kier molecular flexibility index (Phi) is 6.92. The van der Waals surface area contributed by atoms with Gasteiger partial charge < -0.3 is 4.74 Å². The zero-order valence-corrected chi connectivity index (χ0v) is 16.7. The molecular weight excluding hydrogens is 397 g/mol. The van der Waals surface area contributed by atoms with Gasteiger partial charge in [0.25, 0.3) is 0 Å². The highest BCUT2D eigenvalue weighted by Gasteiger charge is 2.23. The van der Waals surface area contributed by atoms with Crippen LogP contribution in [0, 0.1) is 0 Å². The predicted octanol–water partition coefficient (Wildman–Crippen LogP) is 4.53. The molecule has 0 fully saturated rings. The molecule has 0 aliphatic heterocycles. The summed E-state index contributed by atoms with van der Waals surface area (Å²) in [7, 11) is -2.29. The number of benzene rings is 2. The van der Waals surface area contributed by atoms with E-state index in [4.69, 9.17) is 23.2 Å². The molecule has 8 heteroatoms. The second kappa shape index (κ2) is 8.75. The SMILES string of the molecule is CCCS(=O)(=O)N(Cc1cccc(Cl)c1Cl)c1ccc(C(=O)OC)cc1. The topological polar surface area (TPSA) is 63.7 Å². The van der Waals surface area contributed by atoms with E-state index in [0.717, 1.165) is 0 Å². The van der Waals surface area contributed by atoms with E-state index >= 15 is 0 Å². The fraction of sp³-hybridized carbons (Fsp3) is 0.278. The van der Waals surface area contributed by atoms with Crippen LogP contribution in [0.15, 0.2) is 42.5 Å². The minimum absolute atomic E-state index is 0.00998. The van der Waals surface area contributed by atoms with Crippen LogP contribution in [-0.2, 0) is 21.3 Å². The van der Waals surface area contributed by atoms with Crippen LogP contribution in [0.2, 0.25) is 10.0 Å². The maximum Gasteiger partial charge on any atom is 0.337 e. The van der Waals surface area contributed by atoms with Crippen molar-refractivity contribution >= 4 is 44.9 Å². The quantitative estimate of drug-likeness (QED) is 0.623. The lowest BCUT2D eigenvalue weighted by Crippen LogP contribution is -2.32. The van der Waals surface area contributed by atoms with Gasteiger partial charge in [0.1, 0.15) is 0 Å². The molecule has 0 atom stereocenters. The van der Waals surface area contributed by atoms with Crippen LogP contribution in [-0.4, -0.2) is 27.2 Å². The molecule has 0 saturated heterocycles. The molecule has 0 amide bonds. The Morgan fingerprint density at radius 3 is 2.35 bits per heavy atom. The fourth-order valence-corrected chi connectivity index (χ4v) is 4.32. The number of carbonyl (C=O) groups is 1. The minimum atomic E-state index is -3.58. The third-order valence-electron chi connectivity index (χ3n) is 3.72. The summed E-state index contributed by atoms with van der Waals surface area (Å²) >= 11 is 12.3. The predicted molar refractivity (Wildman–Crippen MR) is 105 cm³/mol. The third kappa shape index (κ3) is 4.69. The fourth-order valence-electron chi connectivity index (χ4n) is 2.43. The van der Waals surface area contributed by atoms with Crippen molar-refractivity contribution in [3.8, 4) is 0 Å². The lowest BCUT2D eigenvalue weighted by Gasteiger charge is -2.25. The van der Waals surface area contributed by atoms with Crippen LogP contribution >= 0.6 is 23.2 Å². The first-order valence-corrected chi connectivity index (χ1v) is 10.3. The molecule has 0 aromatic heterocycles. The maximum atomic E-state index is 12.8. The molecule has 0 unspecified atom stereocenters. The van der Waals surface area contributed by atoms with Gasteiger partial charge in [-0.05, 0) is 42.3 Å². The van der Waals surface area contributed by atoms with Crippen LogP contribution < -0.4 is 4.31 Å². The number of esters is 1. The molecule has 26 heavy (non-hydrogen) atoms. The van der Waals surface area contributed by atoms with Crippen molar-refractivity contribution in [2.24, 2.45) is 0 Å². The molecule has 2 rings (SSSR count). The molecule has 5 nitrogen and oxygen atoms in total. The number of sulfonamides is 1. The molecule has 0 N–H and O–H groups in total. The average molecular weight is 416 g/mol. The molecule has 0 spiro atoms. The first-order chi connectivity index (χ1) is 12.3. The third-order valence-corrected chi connectivity index (χ3v) is 6.51. The average Bonchev–Trinajstić information content (AvgIpc) is 2.62. The van der Waals surface area contributed by atoms with Gasteiger partial charge in [-0.15, -0.1) is 0 Å². The second-order valence-electron chi connectivity index (χ2n) is 5.57. The van der Waals surface area contributed by atoms with Crippen LogP contribution in [0.3, 0.4) is 0 Å². The Hall–Kier alpha value is -1.76. The van der Waals surface area contributed by atoms with Crippen LogP contribution in [0.5, 0.6) is 0 Å². The number of carbonyl (C=O) groups excluding carboxylic acids is 1. The maximum absolute atomic E-state index is 12.8. The van der Waals surface area contributed by atoms with E-state index in [0.29, 0.717) is 33.3 Å². The Labute approximate surface area is 163 Å². The summed E-state index contributed by atoms with van der Waals surface area (Å²) < 4.78 is 31.5. The number of nitrogens with zero attached hydrogens (tertiary/aromatic N) is 1. The number of methoxy groups -OCH3 is 1. The Bertz CT molecular complexity index is 883. The minimum Gasteiger partial charge on any atom is -0.465 e. The van der Waals surface area contributed by atoms with E-state index in [9.17, 15) is 13.2 Å². The molecule has 140 valence electrons. The largest absolute Gasteiger partial charge is 0.465 e. The molecular formula is C18H19Cl2NO4S. The standard InChI is InChI=1S/C18H19Cl2NO4S/c1-3-11-26(23,24)21(12-14-5-4-6-16(19)17(14)20)15-9-7-13(8-10-15)18(22)25-2/h4-10H,3,11-12H2,1-2H3. The summed E-state index contributed by atoms with van der Waals surface area (Å²) in [5.74, 6) is -0.498. The highest BCUT2D eigenvalue weighted by Crippen LogP contribution is 2.29. The number of halogens is 2. The van der Waals surface area contributed by atoms with Crippen molar-refractivity contribution < 1.29 is 17.9 Å². The first-order valence-electron chi connectivity index (χ1n) is 7.91. The van der Waals surface area contributed by atoms with Gasteiger partial charge in [-0.25, -0.2) is 13.2 Å². The van der Waals surface area contributed by atoms with E-state index in [1.54, 1.807) is 37.3 Å². The van der Waals surface area contributed by atoms with Crippen LogP contribution in [0.4, 0.5) is 5.69 Å². The van der Waals surface area contributed by atoms with Crippen molar-refractivity contribution in [2.75, 3.05) is 17.2 Å². The van der Waals surface area contributed by atoms with Crippen LogP contribution in [0.1, 0.15) is 29.3 Å². The molecule has 0 aliphatic carbocycles. The summed E-state index contributed by atoms with van der Waals surface area (Å²) in [5, 5.41) is 0.676. The van der Waals surface area contributed by atoms with Gasteiger partial charge >= 0.3 is 5.97 Å². The smallest absolute Gasteiger partial charge is 0.337 e. The van der Waals surface area contributed by atoms with Gasteiger partial charge in [-0.3, -0.25) is 4.31 Å². The van der Waals surface area contributed by atoms with Gasteiger partial charge in [0.2, 0.25) is 10.0 Å². The van der Waals surface area contributed by atoms with Gasteiger partial charge in [0.15, 0.2) is 0 Å². The number of hydrogen-bond acceptors (Lipinski definition) is 4. The molecule has 0 heterocycles. The summed E-state index contributed by atoms with van der Waals surface area (Å²) in [6, 6.07) is 11.3. The van der Waals surface area contributed by atoms with E-state index < -0.39 is 16.0 Å². The van der Waals surface area contributed by atoms with E-state index in [1.807, 2.05) is 0 Å². The Balaban J connectivity index is 2.45. The highest BCUT2D eigenvalue weighted by molar-refractivity contribution is 7.92. The van der Waals surface area contributed by atoms with Crippen molar-refractivity contribution in [3.63, 3.8) is 0 Å². The normalized spacial score (nSPS) is 11.2. The molecule has 0 bridgehead atoms. The lowest BCUT2D eigenvalue weighted by molar-refractivity contribution is 0.0601. The lowest BCUT2D eigenvalue weighted by atomic mass is 10.2. The summed E-state index contributed by atoms with van der Waals surface area (Å²) in [6.45, 7) is 1.84. The van der Waals surface area contributed by atoms with Crippen molar-refractivity contribution in [1.82, 2.24) is 0 Å². The summed E-state index contributed by atoms with van der Waals surface area (Å²) in [5.41, 5.74) is 1.36. The summed E-state index contributed by atoms with van der Waals surface area (Å²) in [6.07, 6.45) is 0.475. The molecule has 2 aromatic rings. The zero-order chi connectivity index (χ0) is 19.3. The van der Waals surface area contributed by atoms with E-state index in [1.165, 1.54) is 23.5 Å². The van der Waals surface area contributed by atoms with Crippen LogP contribution in [0.25, 0.3) is 0 Å². The van der Waals surface area contributed by atoms with Gasteiger partial charge in [-0.1, -0.05) is 42.3 Å². The first kappa shape index (κ1) is 20.6. The Morgan fingerprint density at radius 1 is 1.12 bits per heavy atom. The zero-order valence-electron chi connectivity index (χ0n) is 14.4. The van der Waals surface area contributed by atoms with Gasteiger partial charge in [-0.2, -0.15) is 0 Å². The highest BCUT2D eigenvalue weighted by atomic mass is 35.5. The number of ether oxygens (including phenoxy) is 1. The van der Waals surface area contributed by atoms with Crippen molar-refractivity contribution in [2.45, 2.75) is 19.9 Å².